The highest BCUT2D eigenvalue weighted by Crippen LogP contribution is 2.40. The second-order valence-corrected chi connectivity index (χ2v) is 13.9. The van der Waals surface area contributed by atoms with Crippen molar-refractivity contribution in [3.8, 4) is 0 Å². The van der Waals surface area contributed by atoms with Crippen LogP contribution in [0, 0.1) is 17.8 Å². The van der Waals surface area contributed by atoms with Crippen LogP contribution in [-0.4, -0.2) is 71.0 Å². The first-order valence-corrected chi connectivity index (χ1v) is 15.1. The van der Waals surface area contributed by atoms with E-state index in [4.69, 9.17) is 10.7 Å². The molecule has 3 aromatic heterocycles. The number of rotatable bonds is 8. The summed E-state index contributed by atoms with van der Waals surface area (Å²) in [5, 5.41) is 22.9. The fourth-order valence-corrected chi connectivity index (χ4v) is 7.03. The van der Waals surface area contributed by atoms with Crippen molar-refractivity contribution in [3.05, 3.63) is 48.2 Å². The summed E-state index contributed by atoms with van der Waals surface area (Å²) in [4.78, 5) is 19.4. The zero-order valence-corrected chi connectivity index (χ0v) is 25.0. The number of nitrogens with two attached hydrogens (primary N) is 1. The number of aromatic nitrogens is 5. The summed E-state index contributed by atoms with van der Waals surface area (Å²) in [5.41, 5.74) is 10.3. The average molecular weight is 560 g/mol. The van der Waals surface area contributed by atoms with Crippen molar-refractivity contribution < 1.29 is 10.2 Å². The highest BCUT2D eigenvalue weighted by Gasteiger charge is 2.44. The van der Waals surface area contributed by atoms with Gasteiger partial charge in [-0.25, -0.2) is 15.0 Å². The quantitative estimate of drug-likeness (QED) is 0.251. The first-order chi connectivity index (χ1) is 19.5. The van der Waals surface area contributed by atoms with E-state index >= 15 is 0 Å². The van der Waals surface area contributed by atoms with Crippen molar-refractivity contribution in [2.45, 2.75) is 90.0 Å². The summed E-state index contributed by atoms with van der Waals surface area (Å²) in [6.07, 6.45) is 5.80. The monoisotopic (exact) mass is 559 g/mol. The Hall–Kier alpha value is -3.01. The molecule has 2 saturated carbocycles. The molecule has 5 N–H and O–H groups in total. The van der Waals surface area contributed by atoms with Gasteiger partial charge in [-0.3, -0.25) is 0 Å². The van der Waals surface area contributed by atoms with Crippen LogP contribution in [-0.2, 0) is 11.8 Å². The zero-order valence-electron chi connectivity index (χ0n) is 25.0. The number of aromatic amines is 1. The Balaban J connectivity index is 1.05. The van der Waals surface area contributed by atoms with Crippen molar-refractivity contribution in [1.29, 1.82) is 0 Å². The van der Waals surface area contributed by atoms with E-state index in [0.29, 0.717) is 35.8 Å². The van der Waals surface area contributed by atoms with Crippen LogP contribution < -0.4 is 5.73 Å². The molecule has 4 atom stereocenters. The van der Waals surface area contributed by atoms with Gasteiger partial charge in [0.15, 0.2) is 0 Å². The molecule has 2 aliphatic carbocycles. The summed E-state index contributed by atoms with van der Waals surface area (Å²) >= 11 is 0. The van der Waals surface area contributed by atoms with Crippen LogP contribution in [0.25, 0.3) is 22.1 Å². The van der Waals surface area contributed by atoms with Gasteiger partial charge in [-0.2, -0.15) is 0 Å². The predicted molar refractivity (Wildman–Crippen MR) is 163 cm³/mol. The van der Waals surface area contributed by atoms with Crippen LogP contribution in [0.1, 0.15) is 71.3 Å². The SMILES string of the molecule is CC(C)N(CC1CC(Cc2nc3cc(C(C)(C)C)ccc3[nH]2)C1)C[C@H]1C[C@@H](n2ccc3c(N)ncnc32)[C@H](O)[C@@H]1O. The van der Waals surface area contributed by atoms with Crippen LogP contribution in [0.2, 0.25) is 0 Å². The fraction of sp³-hybridized carbons (Fsp3) is 0.594. The Bertz CT molecular complexity index is 1510. The molecule has 0 bridgehead atoms. The van der Waals surface area contributed by atoms with Crippen LogP contribution in [0.15, 0.2) is 36.8 Å². The van der Waals surface area contributed by atoms with Gasteiger partial charge in [0, 0.05) is 37.7 Å². The van der Waals surface area contributed by atoms with E-state index in [1.54, 1.807) is 0 Å². The minimum atomic E-state index is -0.850. The van der Waals surface area contributed by atoms with E-state index in [-0.39, 0.29) is 17.4 Å². The molecular formula is C32H45N7O2. The number of fused-ring (bicyclic) bond motifs is 2. The van der Waals surface area contributed by atoms with Crippen molar-refractivity contribution in [2.24, 2.45) is 17.8 Å². The molecule has 3 heterocycles. The lowest BCUT2D eigenvalue weighted by molar-refractivity contribution is -0.00532. The first kappa shape index (κ1) is 28.1. The number of benzene rings is 1. The maximum absolute atomic E-state index is 11.1. The molecule has 0 radical (unpaired) electrons. The molecule has 4 aromatic rings. The Morgan fingerprint density at radius 3 is 2.56 bits per heavy atom. The Morgan fingerprint density at radius 2 is 1.83 bits per heavy atom. The molecule has 0 saturated heterocycles. The van der Waals surface area contributed by atoms with E-state index < -0.39 is 12.2 Å². The largest absolute Gasteiger partial charge is 0.390 e. The third-order valence-electron chi connectivity index (χ3n) is 9.57. The standard InChI is InChI=1S/C32H45N7O2/c1-18(2)38(16-21-13-26(29(41)28(21)40)39-9-8-23-30(33)34-17-35-31(23)39)15-20-10-19(11-20)12-27-36-24-7-6-22(32(3,4)5)14-25(24)37-27/h6-9,14,17-21,26,28-29,40-41H,10-13,15-16H2,1-5H3,(H,36,37)(H2,33,34,35)/t19?,20?,21-,26-,28-,29+/m1/s1. The Kier molecular flexibility index (Phi) is 7.32. The molecule has 9 nitrogen and oxygen atoms in total. The van der Waals surface area contributed by atoms with E-state index in [2.05, 4.69) is 72.7 Å². The van der Waals surface area contributed by atoms with E-state index in [1.165, 1.54) is 24.7 Å². The van der Waals surface area contributed by atoms with Crippen LogP contribution in [0.4, 0.5) is 5.82 Å². The second kappa shape index (κ2) is 10.7. The maximum Gasteiger partial charge on any atom is 0.145 e. The first-order valence-electron chi connectivity index (χ1n) is 15.1. The number of hydrogen-bond donors (Lipinski definition) is 4. The van der Waals surface area contributed by atoms with Gasteiger partial charge in [-0.05, 0) is 74.1 Å². The van der Waals surface area contributed by atoms with E-state index in [1.807, 2.05) is 16.8 Å². The lowest BCUT2D eigenvalue weighted by Gasteiger charge is -2.40. The minimum Gasteiger partial charge on any atom is -0.390 e. The molecule has 41 heavy (non-hydrogen) atoms. The molecule has 0 aliphatic heterocycles. The molecule has 9 heteroatoms. The van der Waals surface area contributed by atoms with Crippen LogP contribution >= 0.6 is 0 Å². The van der Waals surface area contributed by atoms with Gasteiger partial charge in [-0.15, -0.1) is 0 Å². The molecule has 0 unspecified atom stereocenters. The van der Waals surface area contributed by atoms with E-state index in [0.717, 1.165) is 41.8 Å². The number of nitrogens with one attached hydrogen (secondary N) is 1. The number of nitrogens with zero attached hydrogens (tertiary/aromatic N) is 5. The third kappa shape index (κ3) is 5.47. The number of H-pyrrole nitrogens is 1. The average Bonchev–Trinajstić information content (AvgIpc) is 3.58. The second-order valence-electron chi connectivity index (χ2n) is 13.9. The molecule has 0 amide bonds. The lowest BCUT2D eigenvalue weighted by atomic mass is 9.72. The number of aliphatic hydroxyl groups is 2. The molecule has 1 aromatic carbocycles. The van der Waals surface area contributed by atoms with Crippen molar-refractivity contribution in [3.63, 3.8) is 0 Å². The van der Waals surface area contributed by atoms with Crippen LogP contribution in [0.3, 0.4) is 0 Å². The highest BCUT2D eigenvalue weighted by atomic mass is 16.3. The topological polar surface area (TPSA) is 129 Å². The Labute approximate surface area is 242 Å². The van der Waals surface area contributed by atoms with Crippen molar-refractivity contribution >= 4 is 27.9 Å². The minimum absolute atomic E-state index is 0.0153. The van der Waals surface area contributed by atoms with Crippen LogP contribution in [0.5, 0.6) is 0 Å². The van der Waals surface area contributed by atoms with Gasteiger partial charge in [-0.1, -0.05) is 26.8 Å². The summed E-state index contributed by atoms with van der Waals surface area (Å²) in [6.45, 7) is 12.9. The van der Waals surface area contributed by atoms with Gasteiger partial charge < -0.3 is 30.4 Å². The Morgan fingerprint density at radius 1 is 1.05 bits per heavy atom. The van der Waals surface area contributed by atoms with Gasteiger partial charge >= 0.3 is 0 Å². The van der Waals surface area contributed by atoms with Crippen molar-refractivity contribution in [1.82, 2.24) is 29.4 Å². The fourth-order valence-electron chi connectivity index (χ4n) is 7.03. The summed E-state index contributed by atoms with van der Waals surface area (Å²) in [7, 11) is 0. The molecule has 2 fully saturated rings. The summed E-state index contributed by atoms with van der Waals surface area (Å²) < 4.78 is 1.96. The number of anilines is 1. The molecule has 0 spiro atoms. The molecular weight excluding hydrogens is 514 g/mol. The van der Waals surface area contributed by atoms with Gasteiger partial charge in [0.2, 0.25) is 0 Å². The zero-order chi connectivity index (χ0) is 29.1. The molecule has 2 aliphatic rings. The normalized spacial score (nSPS) is 27.0. The van der Waals surface area contributed by atoms with Gasteiger partial charge in [0.25, 0.3) is 0 Å². The van der Waals surface area contributed by atoms with Gasteiger partial charge in [0.05, 0.1) is 28.6 Å². The summed E-state index contributed by atoms with van der Waals surface area (Å²) in [5.74, 6) is 2.80. The third-order valence-corrected chi connectivity index (χ3v) is 9.57. The lowest BCUT2D eigenvalue weighted by Crippen LogP contribution is -2.44. The number of imidazole rings is 1. The highest BCUT2D eigenvalue weighted by molar-refractivity contribution is 5.86. The number of aliphatic hydroxyl groups excluding tert-OH is 2. The molecule has 220 valence electrons. The van der Waals surface area contributed by atoms with Crippen molar-refractivity contribution in [2.75, 3.05) is 18.8 Å². The predicted octanol–water partition coefficient (Wildman–Crippen LogP) is 4.45. The summed E-state index contributed by atoms with van der Waals surface area (Å²) in [6, 6.07) is 8.60. The maximum atomic E-state index is 11.1. The van der Waals surface area contributed by atoms with Gasteiger partial charge in [0.1, 0.15) is 29.7 Å². The number of nitrogen functional groups attached to an aromatic ring is 1. The van der Waals surface area contributed by atoms with E-state index in [9.17, 15) is 10.2 Å². The number of hydrogen-bond acceptors (Lipinski definition) is 7. The smallest absolute Gasteiger partial charge is 0.145 e. The molecule has 6 rings (SSSR count).